The average Bonchev–Trinajstić information content (AvgIpc) is 2.73. The van der Waals surface area contributed by atoms with Gasteiger partial charge in [-0.1, -0.05) is 30.5 Å². The number of nitrogens with zero attached hydrogens (tertiary/aromatic N) is 3. The van der Waals surface area contributed by atoms with Crippen LogP contribution in [0, 0.1) is 0 Å². The van der Waals surface area contributed by atoms with Gasteiger partial charge in [0, 0.05) is 25.7 Å². The monoisotopic (exact) mass is 325 g/mol. The fraction of sp³-hybridized carbons (Fsp3) is 0.500. The molecule has 0 radical (unpaired) electrons. The van der Waals surface area contributed by atoms with Crippen molar-refractivity contribution in [1.82, 2.24) is 15.3 Å². The zero-order chi connectivity index (χ0) is 15.1. The first kappa shape index (κ1) is 16.0. The normalized spacial score (nSPS) is 15.2. The number of hydrogen-bond donors (Lipinski definition) is 2. The molecule has 0 aliphatic carbocycles. The lowest BCUT2D eigenvalue weighted by Gasteiger charge is -2.22. The molecular formula is C14H20ClN5S. The van der Waals surface area contributed by atoms with Crippen molar-refractivity contribution >= 4 is 40.7 Å². The number of nitrogens with one attached hydrogen (secondary N) is 2. The smallest absolute Gasteiger partial charge is 0.232 e. The van der Waals surface area contributed by atoms with Gasteiger partial charge < -0.3 is 15.5 Å². The van der Waals surface area contributed by atoms with Crippen molar-refractivity contribution < 1.29 is 0 Å². The van der Waals surface area contributed by atoms with E-state index in [1.807, 2.05) is 0 Å². The van der Waals surface area contributed by atoms with Crippen molar-refractivity contribution in [2.45, 2.75) is 25.7 Å². The van der Waals surface area contributed by atoms with Crippen molar-refractivity contribution in [2.24, 2.45) is 0 Å². The Morgan fingerprint density at radius 2 is 2.05 bits per heavy atom. The summed E-state index contributed by atoms with van der Waals surface area (Å²) in [6, 6.07) is 1.80. The van der Waals surface area contributed by atoms with Gasteiger partial charge in [-0.3, -0.25) is 0 Å². The number of thiocarbonyl (C=S) groups is 1. The Labute approximate surface area is 135 Å². The largest absolute Gasteiger partial charge is 0.359 e. The molecule has 7 heteroatoms. The lowest BCUT2D eigenvalue weighted by molar-refractivity contribution is 0.726. The summed E-state index contributed by atoms with van der Waals surface area (Å²) in [6.45, 7) is 6.23. The number of halogens is 1. The summed E-state index contributed by atoms with van der Waals surface area (Å²) in [6.07, 6.45) is 6.65. The van der Waals surface area contributed by atoms with Crippen molar-refractivity contribution in [3.63, 3.8) is 0 Å². The summed E-state index contributed by atoms with van der Waals surface area (Å²) >= 11 is 11.3. The van der Waals surface area contributed by atoms with Crippen LogP contribution in [0.2, 0.25) is 5.15 Å². The minimum absolute atomic E-state index is 0.415. The molecule has 2 rings (SSSR count). The van der Waals surface area contributed by atoms with Crippen LogP contribution in [-0.4, -0.2) is 34.7 Å². The van der Waals surface area contributed by atoms with Crippen LogP contribution in [0.25, 0.3) is 0 Å². The second kappa shape index (κ2) is 8.14. The Morgan fingerprint density at radius 3 is 2.71 bits per heavy atom. The highest BCUT2D eigenvalue weighted by molar-refractivity contribution is 7.80. The molecule has 1 fully saturated rings. The van der Waals surface area contributed by atoms with E-state index in [1.54, 1.807) is 12.1 Å². The molecule has 0 spiro atoms. The highest BCUT2D eigenvalue weighted by Crippen LogP contribution is 2.21. The number of anilines is 2. The summed E-state index contributed by atoms with van der Waals surface area (Å²) in [5.41, 5.74) is 0. The van der Waals surface area contributed by atoms with Crippen LogP contribution in [0.15, 0.2) is 18.7 Å². The minimum Gasteiger partial charge on any atom is -0.359 e. The Hall–Kier alpha value is -1.40. The number of rotatable bonds is 4. The topological polar surface area (TPSA) is 53.1 Å². The molecular weight excluding hydrogens is 306 g/mol. The van der Waals surface area contributed by atoms with E-state index in [9.17, 15) is 0 Å². The third kappa shape index (κ3) is 5.13. The molecule has 0 unspecified atom stereocenters. The van der Waals surface area contributed by atoms with Crippen LogP contribution >= 0.6 is 23.8 Å². The standard InChI is InChI=1S/C14H20ClN5S/c1-2-7-16-14(21)19-13-17-11(15)10-12(18-13)20-8-5-3-4-6-9-20/h2,10H,1,3-9H2,(H2,16,17,18,19,21). The minimum atomic E-state index is 0.415. The zero-order valence-electron chi connectivity index (χ0n) is 11.9. The van der Waals surface area contributed by atoms with Crippen LogP contribution in [-0.2, 0) is 0 Å². The Balaban J connectivity index is 2.08. The van der Waals surface area contributed by atoms with E-state index in [1.165, 1.54) is 25.7 Å². The summed E-state index contributed by atoms with van der Waals surface area (Å²) < 4.78 is 0. The van der Waals surface area contributed by atoms with Crippen molar-refractivity contribution in [3.8, 4) is 0 Å². The average molecular weight is 326 g/mol. The lowest BCUT2D eigenvalue weighted by Crippen LogP contribution is -2.30. The molecule has 1 aromatic rings. The van der Waals surface area contributed by atoms with Crippen LogP contribution in [0.4, 0.5) is 11.8 Å². The molecule has 5 nitrogen and oxygen atoms in total. The molecule has 0 aromatic carbocycles. The molecule has 2 heterocycles. The Bertz CT molecular complexity index is 500. The van der Waals surface area contributed by atoms with Gasteiger partial charge in [-0.05, 0) is 25.1 Å². The highest BCUT2D eigenvalue weighted by atomic mass is 35.5. The predicted molar refractivity (Wildman–Crippen MR) is 92.1 cm³/mol. The second-order valence-corrected chi connectivity index (χ2v) is 5.69. The van der Waals surface area contributed by atoms with Gasteiger partial charge in [0.05, 0.1) is 0 Å². The van der Waals surface area contributed by atoms with Gasteiger partial charge >= 0.3 is 0 Å². The maximum absolute atomic E-state index is 6.10. The van der Waals surface area contributed by atoms with Gasteiger partial charge in [0.25, 0.3) is 0 Å². The third-order valence-corrected chi connectivity index (χ3v) is 3.68. The molecule has 2 N–H and O–H groups in total. The summed E-state index contributed by atoms with van der Waals surface area (Å²) in [5, 5.41) is 6.80. The first-order valence-electron chi connectivity index (χ1n) is 7.14. The predicted octanol–water partition coefficient (Wildman–Crippen LogP) is 2.98. The lowest BCUT2D eigenvalue weighted by atomic mass is 10.2. The van der Waals surface area contributed by atoms with Gasteiger partial charge in [0.15, 0.2) is 5.11 Å². The molecule has 21 heavy (non-hydrogen) atoms. The molecule has 0 amide bonds. The molecule has 1 saturated heterocycles. The molecule has 1 aliphatic heterocycles. The van der Waals surface area contributed by atoms with E-state index < -0.39 is 0 Å². The maximum Gasteiger partial charge on any atom is 0.232 e. The van der Waals surface area contributed by atoms with E-state index >= 15 is 0 Å². The molecule has 1 aromatic heterocycles. The van der Waals surface area contributed by atoms with E-state index in [2.05, 4.69) is 32.1 Å². The summed E-state index contributed by atoms with van der Waals surface area (Å²) in [4.78, 5) is 10.9. The van der Waals surface area contributed by atoms with Crippen LogP contribution in [0.5, 0.6) is 0 Å². The van der Waals surface area contributed by atoms with Crippen LogP contribution in [0.3, 0.4) is 0 Å². The van der Waals surface area contributed by atoms with Crippen LogP contribution in [0.1, 0.15) is 25.7 Å². The van der Waals surface area contributed by atoms with Gasteiger partial charge in [0.2, 0.25) is 5.95 Å². The molecule has 0 atom stereocenters. The van der Waals surface area contributed by atoms with Crippen LogP contribution < -0.4 is 15.5 Å². The Morgan fingerprint density at radius 1 is 1.33 bits per heavy atom. The first-order chi connectivity index (χ1) is 10.2. The van der Waals surface area contributed by atoms with Gasteiger partial charge in [0.1, 0.15) is 11.0 Å². The van der Waals surface area contributed by atoms with Crippen molar-refractivity contribution in [1.29, 1.82) is 0 Å². The van der Waals surface area contributed by atoms with E-state index in [0.717, 1.165) is 18.9 Å². The zero-order valence-corrected chi connectivity index (χ0v) is 13.5. The van der Waals surface area contributed by atoms with Gasteiger partial charge in [-0.2, -0.15) is 4.98 Å². The van der Waals surface area contributed by atoms with E-state index in [0.29, 0.717) is 22.8 Å². The van der Waals surface area contributed by atoms with E-state index in [-0.39, 0.29) is 0 Å². The molecule has 1 aliphatic rings. The van der Waals surface area contributed by atoms with Crippen molar-refractivity contribution in [3.05, 3.63) is 23.9 Å². The number of aromatic nitrogens is 2. The highest BCUT2D eigenvalue weighted by Gasteiger charge is 2.13. The van der Waals surface area contributed by atoms with Gasteiger partial charge in [-0.15, -0.1) is 6.58 Å². The van der Waals surface area contributed by atoms with Gasteiger partial charge in [-0.25, -0.2) is 4.98 Å². The molecule has 0 bridgehead atoms. The Kier molecular flexibility index (Phi) is 6.20. The maximum atomic E-state index is 6.10. The molecule has 0 saturated carbocycles. The quantitative estimate of drug-likeness (QED) is 0.504. The second-order valence-electron chi connectivity index (χ2n) is 4.90. The van der Waals surface area contributed by atoms with E-state index in [4.69, 9.17) is 23.8 Å². The third-order valence-electron chi connectivity index (χ3n) is 3.24. The fourth-order valence-corrected chi connectivity index (χ4v) is 2.59. The molecule has 114 valence electrons. The summed E-state index contributed by atoms with van der Waals surface area (Å²) in [7, 11) is 0. The summed E-state index contributed by atoms with van der Waals surface area (Å²) in [5.74, 6) is 1.27. The first-order valence-corrected chi connectivity index (χ1v) is 7.93. The fourth-order valence-electron chi connectivity index (χ4n) is 2.23. The SMILES string of the molecule is C=CCNC(=S)Nc1nc(Cl)cc(N2CCCCCC2)n1. The van der Waals surface area contributed by atoms with Crippen molar-refractivity contribution in [2.75, 3.05) is 29.9 Å². The number of hydrogen-bond acceptors (Lipinski definition) is 4.